The van der Waals surface area contributed by atoms with Crippen molar-refractivity contribution >= 4 is 0 Å². The fraction of sp³-hybridized carbons (Fsp3) is 0.556. The average Bonchev–Trinajstić information content (AvgIpc) is 2.44. The van der Waals surface area contributed by atoms with E-state index in [1.165, 1.54) is 5.56 Å². The third-order valence-electron chi connectivity index (χ3n) is 3.63. The Kier molecular flexibility index (Phi) is 5.24. The largest absolute Gasteiger partial charge is 0.497 e. The third-order valence-corrected chi connectivity index (χ3v) is 3.63. The molecule has 1 heterocycles. The molecule has 0 aliphatic carbocycles. The Morgan fingerprint density at radius 2 is 2.00 bits per heavy atom. The highest BCUT2D eigenvalue weighted by molar-refractivity contribution is 5.19. The minimum Gasteiger partial charge on any atom is -0.497 e. The summed E-state index contributed by atoms with van der Waals surface area (Å²) in [4.78, 5) is 0. The van der Waals surface area contributed by atoms with Crippen LogP contribution in [0, 0.1) is 5.41 Å². The summed E-state index contributed by atoms with van der Waals surface area (Å²) in [5.41, 5.74) is 1.68. The van der Waals surface area contributed by atoms with Crippen LogP contribution >= 0.6 is 0 Å². The van der Waals surface area contributed by atoms with Crippen molar-refractivity contribution in [1.29, 1.82) is 0 Å². The van der Waals surface area contributed by atoms with Crippen LogP contribution < -0.4 is 5.32 Å². The molecular weight excluding hydrogens is 246 g/mol. The maximum absolute atomic E-state index is 5.65. The predicted molar refractivity (Wildman–Crippen MR) is 84.5 cm³/mol. The van der Waals surface area contributed by atoms with Crippen LogP contribution in [0.3, 0.4) is 0 Å². The zero-order chi connectivity index (χ0) is 14.4. The van der Waals surface area contributed by atoms with Gasteiger partial charge in [0.2, 0.25) is 0 Å². The van der Waals surface area contributed by atoms with E-state index in [0.717, 1.165) is 25.8 Å². The molecule has 0 aromatic heterocycles. The van der Waals surface area contributed by atoms with Gasteiger partial charge in [-0.3, -0.25) is 0 Å². The maximum Gasteiger partial charge on any atom is 0.110 e. The van der Waals surface area contributed by atoms with E-state index in [2.05, 4.69) is 62.5 Å². The molecule has 1 aromatic rings. The van der Waals surface area contributed by atoms with E-state index in [-0.39, 0.29) is 0 Å². The van der Waals surface area contributed by atoms with Crippen LogP contribution in [0.15, 0.2) is 42.7 Å². The first-order chi connectivity index (χ1) is 9.54. The van der Waals surface area contributed by atoms with Crippen LogP contribution in [0.25, 0.3) is 0 Å². The first-order valence-electron chi connectivity index (χ1n) is 7.63. The number of rotatable bonds is 5. The quantitative estimate of drug-likeness (QED) is 0.856. The SMILES string of the molecule is CC(C)(C)CC(NCC1CCC=CO1)c1ccccc1. The molecule has 1 aromatic carbocycles. The van der Waals surface area contributed by atoms with Gasteiger partial charge in [0.15, 0.2) is 0 Å². The molecule has 2 nitrogen and oxygen atoms in total. The predicted octanol–water partition coefficient (Wildman–Crippen LogP) is 4.45. The molecular formula is C18H27NO. The second-order valence-electron chi connectivity index (χ2n) is 6.84. The number of allylic oxidation sites excluding steroid dienone is 1. The molecule has 110 valence electrons. The topological polar surface area (TPSA) is 21.3 Å². The van der Waals surface area contributed by atoms with E-state index in [9.17, 15) is 0 Å². The lowest BCUT2D eigenvalue weighted by molar-refractivity contribution is 0.116. The Hall–Kier alpha value is -1.28. The highest BCUT2D eigenvalue weighted by atomic mass is 16.5. The molecule has 1 N–H and O–H groups in total. The van der Waals surface area contributed by atoms with Gasteiger partial charge in [0.25, 0.3) is 0 Å². The molecule has 2 atom stereocenters. The highest BCUT2D eigenvalue weighted by Gasteiger charge is 2.21. The van der Waals surface area contributed by atoms with Crippen LogP contribution in [-0.2, 0) is 4.74 Å². The van der Waals surface area contributed by atoms with Crippen molar-refractivity contribution in [1.82, 2.24) is 5.32 Å². The van der Waals surface area contributed by atoms with E-state index in [1.54, 1.807) is 0 Å². The second kappa shape index (κ2) is 6.94. The Morgan fingerprint density at radius 1 is 1.25 bits per heavy atom. The zero-order valence-corrected chi connectivity index (χ0v) is 12.9. The van der Waals surface area contributed by atoms with Crippen molar-refractivity contribution in [2.75, 3.05) is 6.54 Å². The minimum atomic E-state index is 0.306. The molecule has 0 saturated heterocycles. The summed E-state index contributed by atoms with van der Waals surface area (Å²) in [6.07, 6.45) is 7.62. The maximum atomic E-state index is 5.65. The summed E-state index contributed by atoms with van der Waals surface area (Å²) in [7, 11) is 0. The first-order valence-corrected chi connectivity index (χ1v) is 7.63. The minimum absolute atomic E-state index is 0.306. The molecule has 2 heteroatoms. The van der Waals surface area contributed by atoms with Gasteiger partial charge >= 0.3 is 0 Å². The lowest BCUT2D eigenvalue weighted by atomic mass is 9.85. The summed E-state index contributed by atoms with van der Waals surface area (Å²) in [6, 6.07) is 11.1. The van der Waals surface area contributed by atoms with Crippen LogP contribution in [0.2, 0.25) is 0 Å². The Balaban J connectivity index is 1.97. The van der Waals surface area contributed by atoms with Gasteiger partial charge in [-0.2, -0.15) is 0 Å². The van der Waals surface area contributed by atoms with Crippen molar-refractivity contribution in [2.45, 2.75) is 52.2 Å². The molecule has 0 amide bonds. The Bertz CT molecular complexity index is 419. The molecule has 0 bridgehead atoms. The summed E-state index contributed by atoms with van der Waals surface area (Å²) in [5, 5.41) is 3.70. The fourth-order valence-electron chi connectivity index (χ4n) is 2.61. The van der Waals surface area contributed by atoms with E-state index in [0.29, 0.717) is 17.6 Å². The normalized spacial score (nSPS) is 20.4. The molecule has 2 rings (SSSR count). The number of nitrogens with one attached hydrogen (secondary N) is 1. The van der Waals surface area contributed by atoms with E-state index in [1.807, 2.05) is 6.26 Å². The first kappa shape index (κ1) is 15.1. The van der Waals surface area contributed by atoms with Gasteiger partial charge in [0.05, 0.1) is 6.26 Å². The molecule has 1 aliphatic heterocycles. The van der Waals surface area contributed by atoms with Crippen molar-refractivity contribution < 1.29 is 4.74 Å². The molecule has 20 heavy (non-hydrogen) atoms. The highest BCUT2D eigenvalue weighted by Crippen LogP contribution is 2.29. The molecule has 0 radical (unpaired) electrons. The average molecular weight is 273 g/mol. The van der Waals surface area contributed by atoms with Crippen molar-refractivity contribution in [3.63, 3.8) is 0 Å². The summed E-state index contributed by atoms with van der Waals surface area (Å²) in [5.74, 6) is 0. The van der Waals surface area contributed by atoms with Crippen molar-refractivity contribution in [3.8, 4) is 0 Å². The van der Waals surface area contributed by atoms with Crippen LogP contribution in [0.5, 0.6) is 0 Å². The van der Waals surface area contributed by atoms with E-state index < -0.39 is 0 Å². The van der Waals surface area contributed by atoms with Gasteiger partial charge in [0.1, 0.15) is 6.10 Å². The fourth-order valence-corrected chi connectivity index (χ4v) is 2.61. The van der Waals surface area contributed by atoms with E-state index >= 15 is 0 Å². The molecule has 2 unspecified atom stereocenters. The van der Waals surface area contributed by atoms with Gasteiger partial charge in [-0.1, -0.05) is 51.1 Å². The number of hydrogen-bond acceptors (Lipinski definition) is 2. The van der Waals surface area contributed by atoms with Crippen molar-refractivity contribution in [3.05, 3.63) is 48.2 Å². The molecule has 0 saturated carbocycles. The zero-order valence-electron chi connectivity index (χ0n) is 12.9. The number of hydrogen-bond donors (Lipinski definition) is 1. The lowest BCUT2D eigenvalue weighted by Crippen LogP contribution is -2.33. The van der Waals surface area contributed by atoms with Gasteiger partial charge in [0, 0.05) is 12.6 Å². The van der Waals surface area contributed by atoms with Gasteiger partial charge in [-0.25, -0.2) is 0 Å². The standard InChI is InChI=1S/C18H27NO/c1-18(2,3)13-17(15-9-5-4-6-10-15)19-14-16-11-7-8-12-20-16/h4-6,8-10,12,16-17,19H,7,11,13-14H2,1-3H3. The molecule has 1 aliphatic rings. The van der Waals surface area contributed by atoms with Crippen molar-refractivity contribution in [2.24, 2.45) is 5.41 Å². The number of benzene rings is 1. The number of ether oxygens (including phenoxy) is 1. The lowest BCUT2D eigenvalue weighted by Gasteiger charge is -2.29. The van der Waals surface area contributed by atoms with E-state index in [4.69, 9.17) is 4.74 Å². The van der Waals surface area contributed by atoms with Crippen LogP contribution in [0.4, 0.5) is 0 Å². The van der Waals surface area contributed by atoms with Gasteiger partial charge < -0.3 is 10.1 Å². The van der Waals surface area contributed by atoms with Crippen LogP contribution in [-0.4, -0.2) is 12.6 Å². The summed E-state index contributed by atoms with van der Waals surface area (Å²) < 4.78 is 5.65. The van der Waals surface area contributed by atoms with Gasteiger partial charge in [-0.15, -0.1) is 0 Å². The Morgan fingerprint density at radius 3 is 2.60 bits per heavy atom. The molecule has 0 spiro atoms. The Labute approximate surface area is 123 Å². The molecule has 0 fully saturated rings. The third kappa shape index (κ3) is 5.01. The smallest absolute Gasteiger partial charge is 0.110 e. The second-order valence-corrected chi connectivity index (χ2v) is 6.84. The van der Waals surface area contributed by atoms with Gasteiger partial charge in [-0.05, 0) is 36.3 Å². The monoisotopic (exact) mass is 273 g/mol. The van der Waals surface area contributed by atoms with Crippen LogP contribution in [0.1, 0.15) is 51.6 Å². The summed E-state index contributed by atoms with van der Waals surface area (Å²) >= 11 is 0. The summed E-state index contributed by atoms with van der Waals surface area (Å²) in [6.45, 7) is 7.80.